The van der Waals surface area contributed by atoms with Crippen molar-refractivity contribution in [1.82, 2.24) is 10.6 Å². The molecule has 5 N–H and O–H groups in total. The summed E-state index contributed by atoms with van der Waals surface area (Å²) in [4.78, 5) is 23.8. The summed E-state index contributed by atoms with van der Waals surface area (Å²) in [6, 6.07) is 0. The smallest absolute Gasteiger partial charge is 0.263 e. The molecule has 0 spiro atoms. The Bertz CT molecular complexity index is 482. The molecule has 1 heterocycles. The van der Waals surface area contributed by atoms with Crippen LogP contribution in [0.5, 0.6) is 0 Å². The van der Waals surface area contributed by atoms with E-state index in [2.05, 4.69) is 22.5 Å². The van der Waals surface area contributed by atoms with Crippen molar-refractivity contribution >= 4 is 33.8 Å². The molecule has 6 nitrogen and oxygen atoms in total. The van der Waals surface area contributed by atoms with Gasteiger partial charge in [-0.3, -0.25) is 9.59 Å². The molecule has 18 heavy (non-hydrogen) atoms. The van der Waals surface area contributed by atoms with Crippen molar-refractivity contribution in [3.63, 3.8) is 0 Å². The van der Waals surface area contributed by atoms with Gasteiger partial charge in [0.1, 0.15) is 9.88 Å². The highest BCUT2D eigenvalue weighted by atomic mass is 32.1. The zero-order valence-electron chi connectivity index (χ0n) is 10.3. The van der Waals surface area contributed by atoms with Crippen LogP contribution < -0.4 is 21.7 Å². The fourth-order valence-corrected chi connectivity index (χ4v) is 2.37. The van der Waals surface area contributed by atoms with Gasteiger partial charge in [-0.2, -0.15) is 0 Å². The van der Waals surface area contributed by atoms with E-state index in [0.717, 1.165) is 11.3 Å². The normalized spacial score (nSPS) is 9.67. The van der Waals surface area contributed by atoms with Gasteiger partial charge in [-0.05, 0) is 0 Å². The Morgan fingerprint density at radius 2 is 2.06 bits per heavy atom. The summed E-state index contributed by atoms with van der Waals surface area (Å²) < 4.78 is 0. The van der Waals surface area contributed by atoms with E-state index < -0.39 is 0 Å². The van der Waals surface area contributed by atoms with Gasteiger partial charge in [0.2, 0.25) is 0 Å². The molecule has 0 unspecified atom stereocenters. The number of amides is 2. The Labute approximate surface area is 109 Å². The maximum atomic E-state index is 11.8. The topological polar surface area (TPSA) is 96.2 Å². The van der Waals surface area contributed by atoms with Crippen molar-refractivity contribution in [1.29, 1.82) is 0 Å². The van der Waals surface area contributed by atoms with Crippen LogP contribution in [-0.2, 0) is 0 Å². The molecule has 0 fully saturated rings. The van der Waals surface area contributed by atoms with Crippen LogP contribution in [-0.4, -0.2) is 32.5 Å². The average Bonchev–Trinajstić information content (AvgIpc) is 2.72. The van der Waals surface area contributed by atoms with E-state index in [0.29, 0.717) is 22.0 Å². The van der Waals surface area contributed by atoms with Crippen molar-refractivity contribution < 1.29 is 9.59 Å². The van der Waals surface area contributed by atoms with Crippen LogP contribution in [0, 0.1) is 0 Å². The van der Waals surface area contributed by atoms with Gasteiger partial charge in [0.05, 0.1) is 11.3 Å². The van der Waals surface area contributed by atoms with Gasteiger partial charge in [0, 0.05) is 20.6 Å². The minimum Gasteiger partial charge on any atom is -0.397 e. The average molecular weight is 268 g/mol. The Balaban J connectivity index is 3.15. The molecule has 1 aromatic rings. The second-order valence-electron chi connectivity index (χ2n) is 3.38. The minimum atomic E-state index is -0.323. The number of nitrogens with one attached hydrogen (secondary N) is 3. The molecule has 7 heteroatoms. The lowest BCUT2D eigenvalue weighted by Crippen LogP contribution is -2.24. The Morgan fingerprint density at radius 1 is 1.39 bits per heavy atom. The first-order chi connectivity index (χ1) is 8.56. The quantitative estimate of drug-likeness (QED) is 0.589. The molecular weight excluding hydrogens is 252 g/mol. The third-order valence-electron chi connectivity index (χ3n) is 2.24. The fraction of sp³-hybridized carbons (Fsp3) is 0.273. The summed E-state index contributed by atoms with van der Waals surface area (Å²) in [6.07, 6.45) is 1.57. The molecular formula is C11H16N4O2S. The Hall–Kier alpha value is -2.02. The van der Waals surface area contributed by atoms with Crippen molar-refractivity contribution in [2.75, 3.05) is 31.7 Å². The van der Waals surface area contributed by atoms with E-state index >= 15 is 0 Å². The Kier molecular flexibility index (Phi) is 4.73. The van der Waals surface area contributed by atoms with Crippen molar-refractivity contribution in [3.05, 3.63) is 23.1 Å². The summed E-state index contributed by atoms with van der Waals surface area (Å²) >= 11 is 1.15. The maximum Gasteiger partial charge on any atom is 0.263 e. The molecule has 0 saturated carbocycles. The molecule has 0 aliphatic rings. The number of rotatable bonds is 5. The zero-order chi connectivity index (χ0) is 13.7. The monoisotopic (exact) mass is 268 g/mol. The van der Waals surface area contributed by atoms with Crippen molar-refractivity contribution in [2.45, 2.75) is 0 Å². The van der Waals surface area contributed by atoms with Crippen molar-refractivity contribution in [3.8, 4) is 0 Å². The van der Waals surface area contributed by atoms with E-state index in [1.54, 1.807) is 13.1 Å². The van der Waals surface area contributed by atoms with Gasteiger partial charge >= 0.3 is 0 Å². The van der Waals surface area contributed by atoms with E-state index in [1.807, 2.05) is 0 Å². The first-order valence-electron chi connectivity index (χ1n) is 5.28. The first kappa shape index (κ1) is 14.0. The highest BCUT2D eigenvalue weighted by Gasteiger charge is 2.24. The fourth-order valence-electron chi connectivity index (χ4n) is 1.38. The number of nitrogen functional groups attached to an aromatic ring is 1. The molecule has 1 rings (SSSR count). The SMILES string of the molecule is C=CCNC(=O)c1sc(NC)c(C(=O)NC)c1N. The Morgan fingerprint density at radius 3 is 2.56 bits per heavy atom. The first-order valence-corrected chi connectivity index (χ1v) is 6.09. The highest BCUT2D eigenvalue weighted by molar-refractivity contribution is 7.19. The molecule has 0 aliphatic carbocycles. The molecule has 0 bridgehead atoms. The van der Waals surface area contributed by atoms with Crippen molar-refractivity contribution in [2.24, 2.45) is 0 Å². The summed E-state index contributed by atoms with van der Waals surface area (Å²) in [5, 5.41) is 8.54. The third kappa shape index (κ3) is 2.62. The van der Waals surface area contributed by atoms with Crippen LogP contribution in [0.15, 0.2) is 12.7 Å². The van der Waals surface area contributed by atoms with E-state index in [1.165, 1.54) is 7.05 Å². The predicted molar refractivity (Wildman–Crippen MR) is 74.2 cm³/mol. The van der Waals surface area contributed by atoms with Crippen LogP contribution in [0.25, 0.3) is 0 Å². The molecule has 2 amide bonds. The lowest BCUT2D eigenvalue weighted by Gasteiger charge is -2.03. The summed E-state index contributed by atoms with van der Waals surface area (Å²) in [5.41, 5.74) is 6.34. The number of carbonyl (C=O) groups is 2. The number of hydrogen-bond acceptors (Lipinski definition) is 5. The van der Waals surface area contributed by atoms with Crippen LogP contribution in [0.4, 0.5) is 10.7 Å². The van der Waals surface area contributed by atoms with E-state index in [-0.39, 0.29) is 17.5 Å². The van der Waals surface area contributed by atoms with Gasteiger partial charge in [-0.25, -0.2) is 0 Å². The van der Waals surface area contributed by atoms with Gasteiger partial charge in [0.25, 0.3) is 11.8 Å². The van der Waals surface area contributed by atoms with Crippen LogP contribution in [0.3, 0.4) is 0 Å². The molecule has 0 radical (unpaired) electrons. The second kappa shape index (κ2) is 6.06. The summed E-state index contributed by atoms with van der Waals surface area (Å²) in [7, 11) is 3.18. The van der Waals surface area contributed by atoms with Gasteiger partial charge < -0.3 is 21.7 Å². The zero-order valence-corrected chi connectivity index (χ0v) is 11.1. The molecule has 0 aromatic carbocycles. The maximum absolute atomic E-state index is 11.8. The third-order valence-corrected chi connectivity index (χ3v) is 3.46. The molecule has 0 aliphatic heterocycles. The molecule has 1 aromatic heterocycles. The summed E-state index contributed by atoms with van der Waals surface area (Å²) in [5.74, 6) is -0.639. The molecule has 98 valence electrons. The second-order valence-corrected chi connectivity index (χ2v) is 4.40. The minimum absolute atomic E-state index is 0.185. The van der Waals surface area contributed by atoms with Gasteiger partial charge in [-0.1, -0.05) is 6.08 Å². The number of anilines is 2. The number of hydrogen-bond donors (Lipinski definition) is 4. The van der Waals surface area contributed by atoms with Gasteiger partial charge in [0.15, 0.2) is 0 Å². The molecule has 0 saturated heterocycles. The van der Waals surface area contributed by atoms with Crippen LogP contribution in [0.2, 0.25) is 0 Å². The van der Waals surface area contributed by atoms with Crippen LogP contribution in [0.1, 0.15) is 20.0 Å². The lowest BCUT2D eigenvalue weighted by molar-refractivity contribution is 0.0960. The largest absolute Gasteiger partial charge is 0.397 e. The van der Waals surface area contributed by atoms with Gasteiger partial charge in [-0.15, -0.1) is 17.9 Å². The number of carbonyl (C=O) groups excluding carboxylic acids is 2. The number of nitrogens with two attached hydrogens (primary N) is 1. The lowest BCUT2D eigenvalue weighted by atomic mass is 10.2. The number of thiophene rings is 1. The predicted octanol–water partition coefficient (Wildman–Crippen LogP) is 0.647. The van der Waals surface area contributed by atoms with Crippen LogP contribution >= 0.6 is 11.3 Å². The molecule has 0 atom stereocenters. The summed E-state index contributed by atoms with van der Waals surface area (Å²) in [6.45, 7) is 3.86. The standard InChI is InChI=1S/C11H16N4O2S/c1-4-5-15-10(17)8-7(12)6(9(16)13-2)11(14-3)18-8/h4,14H,1,5,12H2,2-3H3,(H,13,16)(H,15,17). The van der Waals surface area contributed by atoms with E-state index in [9.17, 15) is 9.59 Å². The highest BCUT2D eigenvalue weighted by Crippen LogP contribution is 2.35. The van der Waals surface area contributed by atoms with E-state index in [4.69, 9.17) is 5.73 Å².